The van der Waals surface area contributed by atoms with Gasteiger partial charge in [-0.2, -0.15) is 5.10 Å². The van der Waals surface area contributed by atoms with Gasteiger partial charge in [-0.05, 0) is 12.1 Å². The molecule has 5 nitrogen and oxygen atoms in total. The quantitative estimate of drug-likeness (QED) is 0.860. The first kappa shape index (κ1) is 13.4. The summed E-state index contributed by atoms with van der Waals surface area (Å²) in [5.41, 5.74) is 6.39. The standard InChI is InChI=1S/C14H20N4O/c1-14(2,3)13-16-12(18(4)17-13)9-19-11-8-6-5-7-10(11)15/h5-8H,9,15H2,1-4H3. The van der Waals surface area contributed by atoms with Crippen LogP contribution in [0.5, 0.6) is 5.75 Å². The fraction of sp³-hybridized carbons (Fsp3) is 0.429. The van der Waals surface area contributed by atoms with E-state index in [9.17, 15) is 0 Å². The van der Waals surface area contributed by atoms with Gasteiger partial charge in [-0.15, -0.1) is 0 Å². The molecule has 5 heteroatoms. The van der Waals surface area contributed by atoms with Crippen LogP contribution in [0.1, 0.15) is 32.4 Å². The third-order valence-electron chi connectivity index (χ3n) is 2.80. The number of anilines is 1. The molecule has 2 N–H and O–H groups in total. The lowest BCUT2D eigenvalue weighted by atomic mass is 9.96. The zero-order chi connectivity index (χ0) is 14.0. The Morgan fingerprint density at radius 1 is 1.26 bits per heavy atom. The van der Waals surface area contributed by atoms with Gasteiger partial charge >= 0.3 is 0 Å². The van der Waals surface area contributed by atoms with Crippen molar-refractivity contribution in [1.29, 1.82) is 0 Å². The molecular formula is C14H20N4O. The SMILES string of the molecule is Cn1nc(C(C)(C)C)nc1COc1ccccc1N. The number of nitrogens with zero attached hydrogens (tertiary/aromatic N) is 3. The van der Waals surface area contributed by atoms with Gasteiger partial charge in [0.05, 0.1) is 5.69 Å². The predicted octanol–water partition coefficient (Wildman–Crippen LogP) is 2.27. The number of nitrogens with two attached hydrogens (primary N) is 1. The Hall–Kier alpha value is -2.04. The van der Waals surface area contributed by atoms with Crippen LogP contribution in [0.2, 0.25) is 0 Å². The van der Waals surface area contributed by atoms with E-state index >= 15 is 0 Å². The summed E-state index contributed by atoms with van der Waals surface area (Å²) in [6, 6.07) is 7.42. The summed E-state index contributed by atoms with van der Waals surface area (Å²) >= 11 is 0. The maximum atomic E-state index is 5.83. The van der Waals surface area contributed by atoms with Gasteiger partial charge in [-0.25, -0.2) is 9.67 Å². The van der Waals surface area contributed by atoms with Crippen molar-refractivity contribution >= 4 is 5.69 Å². The van der Waals surface area contributed by atoms with Crippen molar-refractivity contribution in [1.82, 2.24) is 14.8 Å². The summed E-state index contributed by atoms with van der Waals surface area (Å²) in [6.07, 6.45) is 0. The number of aryl methyl sites for hydroxylation is 1. The zero-order valence-corrected chi connectivity index (χ0v) is 11.8. The van der Waals surface area contributed by atoms with Crippen LogP contribution in [0, 0.1) is 0 Å². The molecule has 0 aliphatic carbocycles. The summed E-state index contributed by atoms with van der Waals surface area (Å²) in [5.74, 6) is 2.27. The second-order valence-corrected chi connectivity index (χ2v) is 5.55. The molecule has 2 rings (SSSR count). The lowest BCUT2D eigenvalue weighted by Gasteiger charge is -2.12. The Balaban J connectivity index is 2.12. The molecule has 0 atom stereocenters. The first-order chi connectivity index (χ1) is 8.88. The molecule has 0 fully saturated rings. The van der Waals surface area contributed by atoms with E-state index in [1.54, 1.807) is 4.68 Å². The van der Waals surface area contributed by atoms with Gasteiger partial charge < -0.3 is 10.5 Å². The third kappa shape index (κ3) is 3.05. The Morgan fingerprint density at radius 3 is 2.53 bits per heavy atom. The second kappa shape index (κ2) is 4.91. The summed E-state index contributed by atoms with van der Waals surface area (Å²) in [5, 5.41) is 4.41. The van der Waals surface area contributed by atoms with Crippen molar-refractivity contribution in [3.05, 3.63) is 35.9 Å². The van der Waals surface area contributed by atoms with E-state index in [0.717, 1.165) is 11.6 Å². The van der Waals surface area contributed by atoms with E-state index in [4.69, 9.17) is 10.5 Å². The van der Waals surface area contributed by atoms with E-state index in [0.29, 0.717) is 18.0 Å². The molecular weight excluding hydrogens is 240 g/mol. The molecule has 0 saturated carbocycles. The topological polar surface area (TPSA) is 66.0 Å². The first-order valence-electron chi connectivity index (χ1n) is 6.25. The molecule has 0 radical (unpaired) electrons. The normalized spacial score (nSPS) is 11.6. The van der Waals surface area contributed by atoms with E-state index in [2.05, 4.69) is 30.9 Å². The number of hydrogen-bond acceptors (Lipinski definition) is 4. The highest BCUT2D eigenvalue weighted by Crippen LogP contribution is 2.22. The van der Waals surface area contributed by atoms with Gasteiger partial charge in [0.25, 0.3) is 0 Å². The van der Waals surface area contributed by atoms with Crippen LogP contribution in [0.25, 0.3) is 0 Å². The van der Waals surface area contributed by atoms with E-state index in [1.807, 2.05) is 31.3 Å². The zero-order valence-electron chi connectivity index (χ0n) is 11.8. The molecule has 0 aliphatic rings. The Morgan fingerprint density at radius 2 is 1.95 bits per heavy atom. The highest BCUT2D eigenvalue weighted by atomic mass is 16.5. The highest BCUT2D eigenvalue weighted by Gasteiger charge is 2.21. The molecule has 0 amide bonds. The Labute approximate surface area is 113 Å². The summed E-state index contributed by atoms with van der Waals surface area (Å²) < 4.78 is 7.43. The maximum absolute atomic E-state index is 5.83. The third-order valence-corrected chi connectivity index (χ3v) is 2.80. The van der Waals surface area contributed by atoms with Crippen LogP contribution < -0.4 is 10.5 Å². The predicted molar refractivity (Wildman–Crippen MR) is 74.9 cm³/mol. The largest absolute Gasteiger partial charge is 0.483 e. The van der Waals surface area contributed by atoms with Crippen molar-refractivity contribution in [2.24, 2.45) is 7.05 Å². The van der Waals surface area contributed by atoms with Gasteiger partial charge in [0, 0.05) is 12.5 Å². The molecule has 0 saturated heterocycles. The van der Waals surface area contributed by atoms with Crippen LogP contribution in [-0.2, 0) is 19.1 Å². The smallest absolute Gasteiger partial charge is 0.164 e. The fourth-order valence-electron chi connectivity index (χ4n) is 1.61. The summed E-state index contributed by atoms with van der Waals surface area (Å²) in [6.45, 7) is 6.61. The van der Waals surface area contributed by atoms with Crippen LogP contribution >= 0.6 is 0 Å². The maximum Gasteiger partial charge on any atom is 0.164 e. The van der Waals surface area contributed by atoms with Gasteiger partial charge in [0.2, 0.25) is 0 Å². The molecule has 1 aromatic carbocycles. The van der Waals surface area contributed by atoms with E-state index < -0.39 is 0 Å². The van der Waals surface area contributed by atoms with Crippen molar-refractivity contribution in [3.8, 4) is 5.75 Å². The molecule has 0 bridgehead atoms. The average Bonchev–Trinajstić information content (AvgIpc) is 2.70. The molecule has 0 aliphatic heterocycles. The average molecular weight is 260 g/mol. The molecule has 1 heterocycles. The minimum absolute atomic E-state index is 0.0677. The minimum Gasteiger partial charge on any atom is -0.483 e. The van der Waals surface area contributed by atoms with Crippen LogP contribution in [0.3, 0.4) is 0 Å². The highest BCUT2D eigenvalue weighted by molar-refractivity contribution is 5.51. The number of nitrogen functional groups attached to an aromatic ring is 1. The minimum atomic E-state index is -0.0677. The van der Waals surface area contributed by atoms with E-state index in [1.165, 1.54) is 0 Å². The van der Waals surface area contributed by atoms with Crippen molar-refractivity contribution in [2.75, 3.05) is 5.73 Å². The number of rotatable bonds is 3. The molecule has 19 heavy (non-hydrogen) atoms. The number of ether oxygens (including phenoxy) is 1. The molecule has 102 valence electrons. The van der Waals surface area contributed by atoms with E-state index in [-0.39, 0.29) is 5.41 Å². The van der Waals surface area contributed by atoms with Crippen LogP contribution in [-0.4, -0.2) is 14.8 Å². The lowest BCUT2D eigenvalue weighted by Crippen LogP contribution is -2.13. The van der Waals surface area contributed by atoms with Gasteiger partial charge in [-0.1, -0.05) is 32.9 Å². The van der Waals surface area contributed by atoms with Gasteiger partial charge in [-0.3, -0.25) is 0 Å². The molecule has 2 aromatic rings. The second-order valence-electron chi connectivity index (χ2n) is 5.55. The van der Waals surface area contributed by atoms with Crippen molar-refractivity contribution < 1.29 is 4.74 Å². The van der Waals surface area contributed by atoms with Crippen molar-refractivity contribution in [3.63, 3.8) is 0 Å². The molecule has 0 spiro atoms. The first-order valence-corrected chi connectivity index (χ1v) is 6.25. The monoisotopic (exact) mass is 260 g/mol. The van der Waals surface area contributed by atoms with Gasteiger partial charge in [0.1, 0.15) is 12.4 Å². The fourth-order valence-corrected chi connectivity index (χ4v) is 1.61. The van der Waals surface area contributed by atoms with Crippen molar-refractivity contribution in [2.45, 2.75) is 32.8 Å². The Bertz CT molecular complexity index is 569. The van der Waals surface area contributed by atoms with Gasteiger partial charge in [0.15, 0.2) is 11.6 Å². The number of benzene rings is 1. The summed E-state index contributed by atoms with van der Waals surface area (Å²) in [7, 11) is 1.87. The number of hydrogen-bond donors (Lipinski definition) is 1. The molecule has 1 aromatic heterocycles. The number of aromatic nitrogens is 3. The Kier molecular flexibility index (Phi) is 3.46. The number of para-hydroxylation sites is 2. The molecule has 0 unspecified atom stereocenters. The lowest BCUT2D eigenvalue weighted by molar-refractivity contribution is 0.291. The summed E-state index contributed by atoms with van der Waals surface area (Å²) in [4.78, 5) is 4.51. The van der Waals surface area contributed by atoms with Crippen LogP contribution in [0.15, 0.2) is 24.3 Å². The van der Waals surface area contributed by atoms with Crippen LogP contribution in [0.4, 0.5) is 5.69 Å².